The molecule has 0 radical (unpaired) electrons. The van der Waals surface area contributed by atoms with E-state index in [4.69, 9.17) is 14.2 Å². The van der Waals surface area contributed by atoms with Gasteiger partial charge in [0, 0.05) is 20.3 Å². The van der Waals surface area contributed by atoms with Crippen molar-refractivity contribution in [1.82, 2.24) is 0 Å². The fraction of sp³-hybridized carbons (Fsp3) is 0.462. The van der Waals surface area contributed by atoms with Crippen molar-refractivity contribution in [2.75, 3.05) is 26.4 Å². The lowest BCUT2D eigenvalue weighted by Gasteiger charge is -2.06. The number of carbonyl (C=O) groups excluding carboxylic acids is 1. The van der Waals surface area contributed by atoms with Crippen molar-refractivity contribution < 1.29 is 19.0 Å². The molecule has 0 aromatic carbocycles. The molecule has 0 bridgehead atoms. The molecule has 4 nitrogen and oxygen atoms in total. The van der Waals surface area contributed by atoms with Crippen LogP contribution in [0, 0.1) is 0 Å². The summed E-state index contributed by atoms with van der Waals surface area (Å²) in [6.07, 6.45) is 0. The summed E-state index contributed by atoms with van der Waals surface area (Å²) in [5.74, 6) is -0.386. The highest BCUT2D eigenvalue weighted by Crippen LogP contribution is 2.20. The molecular formula is C13H17BrO4S. The van der Waals surface area contributed by atoms with Crippen LogP contribution < -0.4 is 0 Å². The van der Waals surface area contributed by atoms with Gasteiger partial charge >= 0.3 is 5.97 Å². The molecule has 1 rings (SSSR count). The van der Waals surface area contributed by atoms with Gasteiger partial charge in [0.05, 0.1) is 26.4 Å². The monoisotopic (exact) mass is 348 g/mol. The molecule has 0 aliphatic carbocycles. The van der Waals surface area contributed by atoms with Crippen LogP contribution in [-0.2, 0) is 25.6 Å². The Morgan fingerprint density at radius 2 is 2.00 bits per heavy atom. The Bertz CT molecular complexity index is 417. The van der Waals surface area contributed by atoms with Gasteiger partial charge in [-0.2, -0.15) is 0 Å². The van der Waals surface area contributed by atoms with E-state index < -0.39 is 0 Å². The fourth-order valence-corrected chi connectivity index (χ4v) is 2.53. The maximum Gasteiger partial charge on any atom is 0.333 e. The number of halogens is 1. The van der Waals surface area contributed by atoms with E-state index in [-0.39, 0.29) is 12.6 Å². The van der Waals surface area contributed by atoms with E-state index in [9.17, 15) is 4.79 Å². The molecule has 0 aliphatic rings. The van der Waals surface area contributed by atoms with E-state index in [1.165, 1.54) is 4.88 Å². The molecule has 0 amide bonds. The van der Waals surface area contributed by atoms with Crippen molar-refractivity contribution in [1.29, 1.82) is 0 Å². The maximum absolute atomic E-state index is 11.0. The molecule has 1 aromatic rings. The predicted molar refractivity (Wildman–Crippen MR) is 78.3 cm³/mol. The van der Waals surface area contributed by atoms with Gasteiger partial charge in [0.2, 0.25) is 0 Å². The molecule has 0 aliphatic heterocycles. The van der Waals surface area contributed by atoms with Crippen LogP contribution >= 0.6 is 27.3 Å². The lowest BCUT2D eigenvalue weighted by Crippen LogP contribution is -2.13. The highest BCUT2D eigenvalue weighted by molar-refractivity contribution is 9.10. The minimum absolute atomic E-state index is 0.240. The van der Waals surface area contributed by atoms with E-state index in [0.717, 1.165) is 4.47 Å². The molecule has 0 atom stereocenters. The first-order chi connectivity index (χ1) is 9.09. The Labute approximate surface area is 125 Å². The topological polar surface area (TPSA) is 44.8 Å². The van der Waals surface area contributed by atoms with Gasteiger partial charge in [0.1, 0.15) is 6.61 Å². The summed E-state index contributed by atoms with van der Waals surface area (Å²) < 4.78 is 16.7. The molecule has 0 unspecified atom stereocenters. The largest absolute Gasteiger partial charge is 0.460 e. The number of hydrogen-bond donors (Lipinski definition) is 0. The van der Waals surface area contributed by atoms with Gasteiger partial charge in [0.15, 0.2) is 0 Å². The molecule has 19 heavy (non-hydrogen) atoms. The zero-order chi connectivity index (χ0) is 14.1. The molecule has 1 aromatic heterocycles. The molecule has 0 N–H and O–H groups in total. The Balaban J connectivity index is 1.91. The first-order valence-corrected chi connectivity index (χ1v) is 7.48. The number of rotatable bonds is 9. The summed E-state index contributed by atoms with van der Waals surface area (Å²) >= 11 is 5.04. The van der Waals surface area contributed by atoms with E-state index >= 15 is 0 Å². The number of esters is 1. The Kier molecular flexibility index (Phi) is 7.97. The van der Waals surface area contributed by atoms with Crippen molar-refractivity contribution >= 4 is 33.2 Å². The quantitative estimate of drug-likeness (QED) is 0.390. The van der Waals surface area contributed by atoms with Gasteiger partial charge < -0.3 is 14.2 Å². The predicted octanol–water partition coefficient (Wildman–Crippen LogP) is 3.16. The van der Waals surface area contributed by atoms with E-state index in [0.29, 0.717) is 32.0 Å². The molecule has 0 saturated carbocycles. The van der Waals surface area contributed by atoms with Crippen LogP contribution in [0.1, 0.15) is 11.8 Å². The second kappa shape index (κ2) is 9.25. The van der Waals surface area contributed by atoms with Gasteiger partial charge in [0.25, 0.3) is 0 Å². The van der Waals surface area contributed by atoms with Crippen molar-refractivity contribution in [3.63, 3.8) is 0 Å². The second-order valence-corrected chi connectivity index (χ2v) is 5.72. The van der Waals surface area contributed by atoms with Crippen LogP contribution in [0.3, 0.4) is 0 Å². The summed E-state index contributed by atoms with van der Waals surface area (Å²) in [6.45, 7) is 7.29. The van der Waals surface area contributed by atoms with Crippen molar-refractivity contribution in [3.05, 3.63) is 32.9 Å². The minimum Gasteiger partial charge on any atom is -0.460 e. The zero-order valence-corrected chi connectivity index (χ0v) is 13.2. The molecule has 0 saturated heterocycles. The van der Waals surface area contributed by atoms with E-state index in [2.05, 4.69) is 22.5 Å². The normalized spacial score (nSPS) is 10.4. The Hall–Kier alpha value is -0.690. The minimum atomic E-state index is -0.386. The van der Waals surface area contributed by atoms with Crippen LogP contribution in [0.5, 0.6) is 0 Å². The summed E-state index contributed by atoms with van der Waals surface area (Å²) in [5.41, 5.74) is 0.394. The fourth-order valence-electron chi connectivity index (χ4n) is 1.14. The summed E-state index contributed by atoms with van der Waals surface area (Å²) in [4.78, 5) is 12.2. The van der Waals surface area contributed by atoms with Crippen molar-refractivity contribution in [2.24, 2.45) is 0 Å². The zero-order valence-electron chi connectivity index (χ0n) is 10.8. The SMILES string of the molecule is C=C(C)C(=O)OCCOCCOCc1cc(Br)cs1. The van der Waals surface area contributed by atoms with Crippen molar-refractivity contribution in [2.45, 2.75) is 13.5 Å². The molecular weight excluding hydrogens is 332 g/mol. The summed E-state index contributed by atoms with van der Waals surface area (Å²) in [6, 6.07) is 2.03. The van der Waals surface area contributed by atoms with Crippen molar-refractivity contribution in [3.8, 4) is 0 Å². The summed E-state index contributed by atoms with van der Waals surface area (Å²) in [7, 11) is 0. The maximum atomic E-state index is 11.0. The van der Waals surface area contributed by atoms with Crippen LogP contribution in [0.2, 0.25) is 0 Å². The lowest BCUT2D eigenvalue weighted by molar-refractivity contribution is -0.140. The third-order valence-corrected chi connectivity index (χ3v) is 3.72. The highest BCUT2D eigenvalue weighted by atomic mass is 79.9. The van der Waals surface area contributed by atoms with Crippen LogP contribution in [0.25, 0.3) is 0 Å². The van der Waals surface area contributed by atoms with Crippen LogP contribution in [-0.4, -0.2) is 32.4 Å². The molecule has 106 valence electrons. The Morgan fingerprint density at radius 1 is 1.32 bits per heavy atom. The Morgan fingerprint density at radius 3 is 2.63 bits per heavy atom. The molecule has 1 heterocycles. The van der Waals surface area contributed by atoms with Crippen LogP contribution in [0.4, 0.5) is 0 Å². The van der Waals surface area contributed by atoms with Gasteiger partial charge in [-0.15, -0.1) is 11.3 Å². The first kappa shape index (κ1) is 16.4. The average molecular weight is 349 g/mol. The second-order valence-electron chi connectivity index (χ2n) is 3.81. The smallest absolute Gasteiger partial charge is 0.333 e. The third-order valence-electron chi connectivity index (χ3n) is 2.05. The first-order valence-electron chi connectivity index (χ1n) is 5.80. The van der Waals surface area contributed by atoms with Crippen LogP contribution in [0.15, 0.2) is 28.1 Å². The lowest BCUT2D eigenvalue weighted by atomic mass is 10.4. The third kappa shape index (κ3) is 7.47. The number of hydrogen-bond acceptors (Lipinski definition) is 5. The average Bonchev–Trinajstić information content (AvgIpc) is 2.78. The number of carbonyl (C=O) groups is 1. The van der Waals surface area contributed by atoms with Gasteiger partial charge in [-0.25, -0.2) is 4.79 Å². The number of thiophene rings is 1. The van der Waals surface area contributed by atoms with Gasteiger partial charge in [-0.3, -0.25) is 0 Å². The van der Waals surface area contributed by atoms with Gasteiger partial charge in [-0.05, 0) is 28.9 Å². The molecule has 0 fully saturated rings. The standard InChI is InChI=1S/C13H17BrO4S/c1-10(2)13(15)18-6-5-16-3-4-17-8-12-7-11(14)9-19-12/h7,9H,1,3-6,8H2,2H3. The molecule has 0 spiro atoms. The highest BCUT2D eigenvalue weighted by Gasteiger charge is 2.02. The van der Waals surface area contributed by atoms with Gasteiger partial charge in [-0.1, -0.05) is 6.58 Å². The van der Waals surface area contributed by atoms with E-state index in [1.54, 1.807) is 18.3 Å². The van der Waals surface area contributed by atoms with E-state index in [1.807, 2.05) is 11.4 Å². The summed E-state index contributed by atoms with van der Waals surface area (Å²) in [5, 5.41) is 2.02. The number of ether oxygens (including phenoxy) is 3. The molecule has 6 heteroatoms.